The summed E-state index contributed by atoms with van der Waals surface area (Å²) in [7, 11) is -4.01. The maximum atomic E-state index is 13.3. The number of nitrogens with zero attached hydrogens (tertiary/aromatic N) is 3. The van der Waals surface area contributed by atoms with Crippen LogP contribution in [0.15, 0.2) is 93.3 Å². The second kappa shape index (κ2) is 13.4. The SMILES string of the molecule is O=C(CN(c1cccc(Br)c1)S(=O)(=O)c1ccccc1)N/N=C\c1ccc(OCC(=O)N2CCCCC2)cc1. The molecule has 39 heavy (non-hydrogen) atoms. The van der Waals surface area contributed by atoms with Crippen molar-refractivity contribution in [2.75, 3.05) is 30.5 Å². The zero-order valence-electron chi connectivity index (χ0n) is 21.2. The van der Waals surface area contributed by atoms with E-state index >= 15 is 0 Å². The highest BCUT2D eigenvalue weighted by Gasteiger charge is 2.27. The Hall–Kier alpha value is -3.70. The van der Waals surface area contributed by atoms with Crippen molar-refractivity contribution in [2.45, 2.75) is 24.2 Å². The van der Waals surface area contributed by atoms with Gasteiger partial charge < -0.3 is 9.64 Å². The van der Waals surface area contributed by atoms with E-state index in [1.165, 1.54) is 18.3 Å². The molecule has 1 aliphatic rings. The quantitative estimate of drug-likeness (QED) is 0.273. The molecule has 0 unspecified atom stereocenters. The van der Waals surface area contributed by atoms with Crippen molar-refractivity contribution < 1.29 is 22.7 Å². The van der Waals surface area contributed by atoms with Gasteiger partial charge in [0.05, 0.1) is 16.8 Å². The van der Waals surface area contributed by atoms with Crippen LogP contribution in [0, 0.1) is 0 Å². The van der Waals surface area contributed by atoms with Gasteiger partial charge in [-0.3, -0.25) is 13.9 Å². The van der Waals surface area contributed by atoms with Crippen molar-refractivity contribution in [1.82, 2.24) is 10.3 Å². The summed E-state index contributed by atoms with van der Waals surface area (Å²) >= 11 is 3.35. The van der Waals surface area contributed by atoms with Crippen LogP contribution in [0.1, 0.15) is 24.8 Å². The average molecular weight is 614 g/mol. The molecule has 4 rings (SSSR count). The second-order valence-electron chi connectivity index (χ2n) is 8.90. The standard InChI is InChI=1S/C28H29BrN4O5S/c29-23-8-7-9-24(18-23)33(39(36,37)26-10-3-1-4-11-26)20-27(34)31-30-19-22-12-14-25(15-13-22)38-21-28(35)32-16-5-2-6-17-32/h1,3-4,7-15,18-19H,2,5-6,16-17,20-21H2,(H,31,34)/b30-19-. The number of piperidine rings is 1. The lowest BCUT2D eigenvalue weighted by Crippen LogP contribution is -2.39. The van der Waals surface area contributed by atoms with Crippen LogP contribution in [0.25, 0.3) is 0 Å². The molecule has 1 saturated heterocycles. The van der Waals surface area contributed by atoms with Crippen LogP contribution in [0.3, 0.4) is 0 Å². The summed E-state index contributed by atoms with van der Waals surface area (Å²) in [5, 5.41) is 3.97. The minimum atomic E-state index is -4.01. The number of hydrogen-bond acceptors (Lipinski definition) is 6. The first-order chi connectivity index (χ1) is 18.8. The predicted molar refractivity (Wildman–Crippen MR) is 153 cm³/mol. The number of nitrogens with one attached hydrogen (secondary N) is 1. The Bertz CT molecular complexity index is 1410. The molecular formula is C28H29BrN4O5S. The molecule has 1 heterocycles. The van der Waals surface area contributed by atoms with Crippen molar-refractivity contribution in [3.05, 3.63) is 88.9 Å². The number of anilines is 1. The molecule has 0 aromatic heterocycles. The van der Waals surface area contributed by atoms with Crippen LogP contribution >= 0.6 is 15.9 Å². The summed E-state index contributed by atoms with van der Waals surface area (Å²) < 4.78 is 34.0. The lowest BCUT2D eigenvalue weighted by molar-refractivity contribution is -0.134. The maximum absolute atomic E-state index is 13.3. The third kappa shape index (κ3) is 7.90. The molecular weight excluding hydrogens is 584 g/mol. The average Bonchev–Trinajstić information content (AvgIpc) is 2.96. The summed E-state index contributed by atoms with van der Waals surface area (Å²) in [5.74, 6) is -0.0755. The fraction of sp³-hybridized carbons (Fsp3) is 0.250. The van der Waals surface area contributed by atoms with E-state index in [2.05, 4.69) is 26.5 Å². The number of carbonyl (C=O) groups excluding carboxylic acids is 2. The lowest BCUT2D eigenvalue weighted by Gasteiger charge is -2.26. The molecule has 0 bridgehead atoms. The maximum Gasteiger partial charge on any atom is 0.264 e. The van der Waals surface area contributed by atoms with Gasteiger partial charge in [0.1, 0.15) is 12.3 Å². The van der Waals surface area contributed by atoms with Crippen molar-refractivity contribution in [3.8, 4) is 5.75 Å². The molecule has 0 atom stereocenters. The minimum Gasteiger partial charge on any atom is -0.484 e. The van der Waals surface area contributed by atoms with Crippen LogP contribution in [-0.4, -0.2) is 57.6 Å². The zero-order chi connectivity index (χ0) is 27.7. The topological polar surface area (TPSA) is 108 Å². The van der Waals surface area contributed by atoms with E-state index < -0.39 is 22.5 Å². The Morgan fingerprint density at radius 2 is 1.69 bits per heavy atom. The van der Waals surface area contributed by atoms with Crippen LogP contribution in [0.5, 0.6) is 5.75 Å². The highest BCUT2D eigenvalue weighted by atomic mass is 79.9. The molecule has 0 saturated carbocycles. The molecule has 11 heteroatoms. The van der Waals surface area contributed by atoms with Gasteiger partial charge >= 0.3 is 0 Å². The number of benzene rings is 3. The predicted octanol–water partition coefficient (Wildman–Crippen LogP) is 4.19. The Kier molecular flexibility index (Phi) is 9.72. The van der Waals surface area contributed by atoms with Crippen molar-refractivity contribution in [3.63, 3.8) is 0 Å². The van der Waals surface area contributed by atoms with Gasteiger partial charge in [0.2, 0.25) is 0 Å². The number of amides is 2. The molecule has 0 spiro atoms. The fourth-order valence-electron chi connectivity index (χ4n) is 4.04. The van der Waals surface area contributed by atoms with Crippen molar-refractivity contribution in [2.24, 2.45) is 5.10 Å². The summed E-state index contributed by atoms with van der Waals surface area (Å²) in [6.45, 7) is 1.08. The Balaban J connectivity index is 1.35. The Labute approximate surface area is 236 Å². The smallest absolute Gasteiger partial charge is 0.264 e. The molecule has 0 aliphatic carbocycles. The highest BCUT2D eigenvalue weighted by Crippen LogP contribution is 2.26. The molecule has 2 amide bonds. The highest BCUT2D eigenvalue weighted by molar-refractivity contribution is 9.10. The normalized spacial score (nSPS) is 13.7. The number of carbonyl (C=O) groups is 2. The number of likely N-dealkylation sites (tertiary alicyclic amines) is 1. The van der Waals surface area contributed by atoms with E-state index in [1.54, 1.807) is 66.7 Å². The van der Waals surface area contributed by atoms with Gasteiger partial charge in [-0.1, -0.05) is 40.2 Å². The van der Waals surface area contributed by atoms with E-state index in [0.717, 1.165) is 36.7 Å². The zero-order valence-corrected chi connectivity index (χ0v) is 23.6. The molecule has 3 aromatic carbocycles. The van der Waals surface area contributed by atoms with Gasteiger partial charge in [0.15, 0.2) is 6.61 Å². The van der Waals surface area contributed by atoms with Crippen LogP contribution < -0.4 is 14.5 Å². The van der Waals surface area contributed by atoms with Crippen molar-refractivity contribution >= 4 is 49.7 Å². The first-order valence-corrected chi connectivity index (χ1v) is 14.7. The van der Waals surface area contributed by atoms with Crippen LogP contribution in [-0.2, 0) is 19.6 Å². The van der Waals surface area contributed by atoms with Crippen molar-refractivity contribution in [1.29, 1.82) is 0 Å². The Morgan fingerprint density at radius 1 is 0.974 bits per heavy atom. The number of sulfonamides is 1. The van der Waals surface area contributed by atoms with Crippen LogP contribution in [0.2, 0.25) is 0 Å². The monoisotopic (exact) mass is 612 g/mol. The second-order valence-corrected chi connectivity index (χ2v) is 11.7. The van der Waals surface area contributed by atoms with Crippen LogP contribution in [0.4, 0.5) is 5.69 Å². The number of hydrazone groups is 1. The molecule has 9 nitrogen and oxygen atoms in total. The van der Waals surface area contributed by atoms with E-state index in [-0.39, 0.29) is 17.4 Å². The fourth-order valence-corrected chi connectivity index (χ4v) is 5.86. The first-order valence-electron chi connectivity index (χ1n) is 12.5. The van der Waals surface area contributed by atoms with Gasteiger partial charge in [-0.05, 0) is 79.4 Å². The van der Waals surface area contributed by atoms with Gasteiger partial charge in [0.25, 0.3) is 21.8 Å². The third-order valence-electron chi connectivity index (χ3n) is 6.07. The number of rotatable bonds is 10. The van der Waals surface area contributed by atoms with E-state index in [4.69, 9.17) is 4.74 Å². The number of halogens is 1. The van der Waals surface area contributed by atoms with E-state index in [1.807, 2.05) is 4.90 Å². The summed E-state index contributed by atoms with van der Waals surface area (Å²) in [6.07, 6.45) is 4.66. The summed E-state index contributed by atoms with van der Waals surface area (Å²) in [5.41, 5.74) is 3.41. The van der Waals surface area contributed by atoms with E-state index in [0.29, 0.717) is 21.5 Å². The van der Waals surface area contributed by atoms with Gasteiger partial charge in [0, 0.05) is 17.6 Å². The minimum absolute atomic E-state index is 0.0101. The van der Waals surface area contributed by atoms with Gasteiger partial charge in [-0.2, -0.15) is 5.10 Å². The molecule has 1 N–H and O–H groups in total. The van der Waals surface area contributed by atoms with Gasteiger partial charge in [-0.25, -0.2) is 13.8 Å². The summed E-state index contributed by atoms with van der Waals surface area (Å²) in [6, 6.07) is 21.5. The molecule has 3 aromatic rings. The number of ether oxygens (including phenoxy) is 1. The lowest BCUT2D eigenvalue weighted by atomic mass is 10.1. The molecule has 1 fully saturated rings. The largest absolute Gasteiger partial charge is 0.484 e. The summed E-state index contributed by atoms with van der Waals surface area (Å²) in [4.78, 5) is 26.9. The number of hydrogen-bond donors (Lipinski definition) is 1. The molecule has 1 aliphatic heterocycles. The third-order valence-corrected chi connectivity index (χ3v) is 8.35. The molecule has 0 radical (unpaired) electrons. The first kappa shape index (κ1) is 28.3. The van der Waals surface area contributed by atoms with E-state index in [9.17, 15) is 18.0 Å². The molecule has 204 valence electrons. The Morgan fingerprint density at radius 3 is 2.38 bits per heavy atom. The van der Waals surface area contributed by atoms with Gasteiger partial charge in [-0.15, -0.1) is 0 Å².